The second-order valence-corrected chi connectivity index (χ2v) is 12.8. The molecule has 1 aromatic rings. The fourth-order valence-corrected chi connectivity index (χ4v) is 4.68. The molecule has 0 radical (unpaired) electrons. The van der Waals surface area contributed by atoms with E-state index in [1.165, 1.54) is 5.38 Å². The minimum atomic E-state index is -0.975. The van der Waals surface area contributed by atoms with Crippen molar-refractivity contribution in [2.75, 3.05) is 17.2 Å². The van der Waals surface area contributed by atoms with E-state index in [9.17, 15) is 0 Å². The lowest BCUT2D eigenvalue weighted by molar-refractivity contribution is 0.951. The summed E-state index contributed by atoms with van der Waals surface area (Å²) in [6.07, 6.45) is 1.12. The van der Waals surface area contributed by atoms with Crippen LogP contribution in [0.25, 0.3) is 0 Å². The summed E-state index contributed by atoms with van der Waals surface area (Å²) < 4.78 is 1.09. The molecule has 0 aliphatic carbocycles. The molecule has 0 fully saturated rings. The highest BCUT2D eigenvalue weighted by molar-refractivity contribution is 8.02. The molecule has 3 nitrogen and oxygen atoms in total. The molecule has 0 spiro atoms. The molecule has 0 atom stereocenters. The molecule has 6 heteroatoms. The smallest absolute Gasteiger partial charge is 0.206 e. The van der Waals surface area contributed by atoms with E-state index in [-0.39, 0.29) is 0 Å². The summed E-state index contributed by atoms with van der Waals surface area (Å²) in [4.78, 5) is 0. The zero-order valence-corrected chi connectivity index (χ0v) is 12.5. The van der Waals surface area contributed by atoms with Crippen LogP contribution in [-0.2, 0) is 0 Å². The van der Waals surface area contributed by atoms with Gasteiger partial charge in [0.2, 0.25) is 5.13 Å². The van der Waals surface area contributed by atoms with Crippen molar-refractivity contribution in [2.24, 2.45) is 0 Å². The molecule has 0 unspecified atom stereocenters. The van der Waals surface area contributed by atoms with E-state index in [0.29, 0.717) is 0 Å². The Labute approximate surface area is 101 Å². The molecular weight excluding hydrogens is 242 g/mol. The summed E-state index contributed by atoms with van der Waals surface area (Å²) in [5.41, 5.74) is 0. The first-order valence-electron chi connectivity index (χ1n) is 5.21. The van der Waals surface area contributed by atoms with Gasteiger partial charge in [0.1, 0.15) is 0 Å². The number of hydrogen-bond donors (Lipinski definition) is 1. The van der Waals surface area contributed by atoms with Crippen LogP contribution in [0.5, 0.6) is 0 Å². The van der Waals surface area contributed by atoms with Crippen molar-refractivity contribution in [2.45, 2.75) is 37.3 Å². The normalized spacial score (nSPS) is 11.7. The number of aromatic nitrogens is 2. The van der Waals surface area contributed by atoms with Crippen LogP contribution in [0.4, 0.5) is 5.13 Å². The second-order valence-electron chi connectivity index (χ2n) is 4.65. The minimum Gasteiger partial charge on any atom is -0.360 e. The molecule has 15 heavy (non-hydrogen) atoms. The van der Waals surface area contributed by atoms with Gasteiger partial charge in [0, 0.05) is 6.54 Å². The second kappa shape index (κ2) is 5.86. The Hall–Kier alpha value is -0.0731. The van der Waals surface area contributed by atoms with Gasteiger partial charge in [0.05, 0.1) is 8.07 Å². The Kier molecular flexibility index (Phi) is 5.08. The van der Waals surface area contributed by atoms with Crippen LogP contribution < -0.4 is 5.32 Å². The first-order chi connectivity index (χ1) is 7.01. The van der Waals surface area contributed by atoms with Crippen LogP contribution in [0.2, 0.25) is 19.6 Å². The van der Waals surface area contributed by atoms with Gasteiger partial charge in [-0.3, -0.25) is 0 Å². The summed E-state index contributed by atoms with van der Waals surface area (Å²) in [5, 5.41) is 13.7. The third kappa shape index (κ3) is 5.53. The van der Waals surface area contributed by atoms with Crippen molar-refractivity contribution in [3.8, 4) is 0 Å². The van der Waals surface area contributed by atoms with Gasteiger partial charge in [0.15, 0.2) is 4.34 Å². The van der Waals surface area contributed by atoms with Gasteiger partial charge in [-0.1, -0.05) is 49.7 Å². The summed E-state index contributed by atoms with van der Waals surface area (Å²) in [5.74, 6) is 0. The predicted octanol–water partition coefficient (Wildman–Crippen LogP) is 3.33. The van der Waals surface area contributed by atoms with Crippen LogP contribution in [0, 0.1) is 0 Å². The quantitative estimate of drug-likeness (QED) is 0.629. The zero-order valence-electron chi connectivity index (χ0n) is 9.83. The predicted molar refractivity (Wildman–Crippen MR) is 72.8 cm³/mol. The molecule has 1 N–H and O–H groups in total. The average molecular weight is 261 g/mol. The van der Waals surface area contributed by atoms with Crippen molar-refractivity contribution in [3.63, 3.8) is 0 Å². The van der Waals surface area contributed by atoms with Gasteiger partial charge < -0.3 is 5.32 Å². The van der Waals surface area contributed by atoms with Crippen LogP contribution in [-0.4, -0.2) is 30.2 Å². The minimum absolute atomic E-state index is 0.954. The number of thioether (sulfide) groups is 1. The summed E-state index contributed by atoms with van der Waals surface area (Å²) in [6, 6.07) is 0. The number of hydrogen-bond acceptors (Lipinski definition) is 5. The maximum atomic E-state index is 4.16. The fourth-order valence-electron chi connectivity index (χ4n) is 0.850. The molecule has 0 saturated carbocycles. The van der Waals surface area contributed by atoms with Crippen molar-refractivity contribution >= 4 is 36.3 Å². The summed E-state index contributed by atoms with van der Waals surface area (Å²) >= 11 is 3.51. The standard InChI is InChI=1S/C9H19N3S2Si/c1-5-6-10-8-11-12-9(14-8)13-7-15(2,3)4/h5-7H2,1-4H3,(H,10,11). The summed E-state index contributed by atoms with van der Waals surface area (Å²) in [7, 11) is -0.975. The Morgan fingerprint density at radius 1 is 1.33 bits per heavy atom. The number of nitrogens with one attached hydrogen (secondary N) is 1. The molecule has 0 bridgehead atoms. The van der Waals surface area contributed by atoms with Crippen molar-refractivity contribution in [1.82, 2.24) is 10.2 Å². The molecular formula is C9H19N3S2Si. The maximum Gasteiger partial charge on any atom is 0.206 e. The Balaban J connectivity index is 2.39. The highest BCUT2D eigenvalue weighted by Gasteiger charge is 2.15. The van der Waals surface area contributed by atoms with E-state index in [1.54, 1.807) is 11.3 Å². The van der Waals surface area contributed by atoms with Crippen LogP contribution in [0.1, 0.15) is 13.3 Å². The van der Waals surface area contributed by atoms with E-state index in [2.05, 4.69) is 42.1 Å². The van der Waals surface area contributed by atoms with Crippen LogP contribution >= 0.6 is 23.1 Å². The third-order valence-electron chi connectivity index (χ3n) is 1.56. The van der Waals surface area contributed by atoms with Crippen LogP contribution in [0.15, 0.2) is 4.34 Å². The van der Waals surface area contributed by atoms with E-state index in [0.717, 1.165) is 22.4 Å². The fraction of sp³-hybridized carbons (Fsp3) is 0.778. The third-order valence-corrected chi connectivity index (χ3v) is 7.21. The molecule has 0 aliphatic rings. The highest BCUT2D eigenvalue weighted by atomic mass is 32.2. The van der Waals surface area contributed by atoms with Gasteiger partial charge >= 0.3 is 0 Å². The van der Waals surface area contributed by atoms with E-state index in [1.807, 2.05) is 11.8 Å². The molecule has 0 saturated heterocycles. The molecule has 1 aromatic heterocycles. The van der Waals surface area contributed by atoms with Crippen molar-refractivity contribution in [3.05, 3.63) is 0 Å². The largest absolute Gasteiger partial charge is 0.360 e. The Morgan fingerprint density at radius 3 is 2.67 bits per heavy atom. The Morgan fingerprint density at radius 2 is 2.07 bits per heavy atom. The van der Waals surface area contributed by atoms with Gasteiger partial charge in [-0.05, 0) is 11.8 Å². The number of rotatable bonds is 6. The zero-order chi connectivity index (χ0) is 11.3. The summed E-state index contributed by atoms with van der Waals surface area (Å²) in [6.45, 7) is 10.2. The average Bonchev–Trinajstić information content (AvgIpc) is 2.58. The molecule has 86 valence electrons. The van der Waals surface area contributed by atoms with E-state index >= 15 is 0 Å². The maximum absolute atomic E-state index is 4.16. The lowest BCUT2D eigenvalue weighted by Crippen LogP contribution is -2.23. The SMILES string of the molecule is CCCNc1nnc(SC[Si](C)(C)C)s1. The molecule has 0 aliphatic heterocycles. The molecule has 1 rings (SSSR count). The highest BCUT2D eigenvalue weighted by Crippen LogP contribution is 2.27. The van der Waals surface area contributed by atoms with Gasteiger partial charge in [0.25, 0.3) is 0 Å². The number of nitrogens with zero attached hydrogens (tertiary/aromatic N) is 2. The van der Waals surface area contributed by atoms with Gasteiger partial charge in [-0.25, -0.2) is 0 Å². The lowest BCUT2D eigenvalue weighted by atomic mass is 10.5. The van der Waals surface area contributed by atoms with Gasteiger partial charge in [-0.2, -0.15) is 0 Å². The van der Waals surface area contributed by atoms with Crippen molar-refractivity contribution < 1.29 is 0 Å². The van der Waals surface area contributed by atoms with Crippen LogP contribution in [0.3, 0.4) is 0 Å². The molecule has 0 aromatic carbocycles. The van der Waals surface area contributed by atoms with E-state index in [4.69, 9.17) is 0 Å². The number of anilines is 1. The first kappa shape index (κ1) is 13.0. The van der Waals surface area contributed by atoms with Crippen molar-refractivity contribution in [1.29, 1.82) is 0 Å². The topological polar surface area (TPSA) is 37.8 Å². The van der Waals surface area contributed by atoms with E-state index < -0.39 is 8.07 Å². The lowest BCUT2D eigenvalue weighted by Gasteiger charge is -2.12. The first-order valence-corrected chi connectivity index (χ1v) is 10.7. The Bertz CT molecular complexity index is 296. The molecule has 0 amide bonds. The van der Waals surface area contributed by atoms with Gasteiger partial charge in [-0.15, -0.1) is 10.2 Å². The molecule has 1 heterocycles. The monoisotopic (exact) mass is 261 g/mol.